The third-order valence-corrected chi connectivity index (χ3v) is 8.70. The van der Waals surface area contributed by atoms with Gasteiger partial charge in [0, 0.05) is 10.3 Å². The van der Waals surface area contributed by atoms with Crippen LogP contribution in [-0.4, -0.2) is 51.6 Å². The molecule has 0 rings (SSSR count). The van der Waals surface area contributed by atoms with E-state index >= 15 is 0 Å². The van der Waals surface area contributed by atoms with Gasteiger partial charge < -0.3 is 0 Å². The van der Waals surface area contributed by atoms with Crippen molar-refractivity contribution in [2.45, 2.75) is 174 Å². The van der Waals surface area contributed by atoms with Gasteiger partial charge in [-0.1, -0.05) is 132 Å². The number of hydrogen-bond acceptors (Lipinski definition) is 0. The molecule has 278 valence electrons. The summed E-state index contributed by atoms with van der Waals surface area (Å²) < 4.78 is 226. The van der Waals surface area contributed by atoms with Crippen molar-refractivity contribution in [3.05, 3.63) is 0 Å². The molecule has 0 bridgehead atoms. The maximum absolute atomic E-state index is 14.2. The van der Waals surface area contributed by atoms with Crippen LogP contribution in [0, 0.1) is 0 Å². The number of alkyl halides is 18. The Morgan fingerprint density at radius 1 is 0.370 bits per heavy atom. The molecule has 0 spiro atoms. The lowest BCUT2D eigenvalue weighted by atomic mass is 9.87. The second kappa shape index (κ2) is 18.0. The number of unbranched alkanes of at least 4 members (excludes halogenated alkanes) is 15. The molecular weight excluding hydrogens is 786 g/mol. The molecule has 0 saturated carbocycles. The van der Waals surface area contributed by atoms with Crippen LogP contribution >= 0.6 is 22.6 Å². The molecule has 46 heavy (non-hydrogen) atoms. The molecule has 18 heteroatoms. The Morgan fingerprint density at radius 3 is 0.935 bits per heavy atom. The molecule has 1 unspecified atom stereocenters. The maximum atomic E-state index is 14.2. The lowest BCUT2D eigenvalue weighted by molar-refractivity contribution is -0.461. The van der Waals surface area contributed by atoms with Crippen molar-refractivity contribution in [1.82, 2.24) is 0 Å². The van der Waals surface area contributed by atoms with E-state index in [1.54, 1.807) is 0 Å². The minimum Gasteiger partial charge on any atom is -0.200 e. The van der Waals surface area contributed by atoms with Crippen molar-refractivity contribution in [1.29, 1.82) is 0 Å². The van der Waals surface area contributed by atoms with Crippen LogP contribution in [0.3, 0.4) is 0 Å². The molecule has 0 aromatic carbocycles. The molecular formula is C28H40F17I. The minimum absolute atomic E-state index is 0.0802. The first kappa shape index (κ1) is 45.5. The topological polar surface area (TPSA) is 0 Å². The highest BCUT2D eigenvalue weighted by molar-refractivity contribution is 14.1. The van der Waals surface area contributed by atoms with Gasteiger partial charge >= 0.3 is 47.6 Å². The molecule has 1 atom stereocenters. The van der Waals surface area contributed by atoms with Gasteiger partial charge in [-0.25, -0.2) is 0 Å². The van der Waals surface area contributed by atoms with Gasteiger partial charge in [0.1, 0.15) is 0 Å². The quantitative estimate of drug-likeness (QED) is 0.0372. The van der Waals surface area contributed by atoms with Crippen LogP contribution in [0.15, 0.2) is 0 Å². The van der Waals surface area contributed by atoms with Gasteiger partial charge in [0.25, 0.3) is 0 Å². The summed E-state index contributed by atoms with van der Waals surface area (Å²) in [6.45, 7) is 2.15. The third-order valence-electron chi connectivity index (χ3n) is 7.64. The predicted octanol–water partition coefficient (Wildman–Crippen LogP) is 13.8. The summed E-state index contributed by atoms with van der Waals surface area (Å²) in [5, 5.41) is 0. The summed E-state index contributed by atoms with van der Waals surface area (Å²) in [6.07, 6.45) is 4.86. The van der Waals surface area contributed by atoms with Crippen molar-refractivity contribution in [2.24, 2.45) is 0 Å². The molecule has 0 heterocycles. The van der Waals surface area contributed by atoms with Gasteiger partial charge in [0.05, 0.1) is 0 Å². The van der Waals surface area contributed by atoms with E-state index in [-0.39, 0.29) is 12.8 Å². The fourth-order valence-electron chi connectivity index (χ4n) is 4.62. The van der Waals surface area contributed by atoms with E-state index in [9.17, 15) is 74.6 Å². The predicted molar refractivity (Wildman–Crippen MR) is 147 cm³/mol. The maximum Gasteiger partial charge on any atom is 0.460 e. The highest BCUT2D eigenvalue weighted by Gasteiger charge is 2.95. The molecule has 0 aliphatic rings. The van der Waals surface area contributed by atoms with E-state index in [1.165, 1.54) is 38.5 Å². The second-order valence-electron chi connectivity index (χ2n) is 11.5. The van der Waals surface area contributed by atoms with Gasteiger partial charge in [0.15, 0.2) is 0 Å². The Balaban J connectivity index is 4.91. The van der Waals surface area contributed by atoms with Gasteiger partial charge in [-0.05, 0) is 6.42 Å². The monoisotopic (exact) mass is 826 g/mol. The van der Waals surface area contributed by atoms with E-state index in [0.29, 0.717) is 12.8 Å². The largest absolute Gasteiger partial charge is 0.460 e. The Kier molecular flexibility index (Phi) is 17.8. The molecule has 0 N–H and O–H groups in total. The van der Waals surface area contributed by atoms with Crippen molar-refractivity contribution in [3.63, 3.8) is 0 Å². The van der Waals surface area contributed by atoms with Crippen LogP contribution in [0.2, 0.25) is 0 Å². The van der Waals surface area contributed by atoms with E-state index < -0.39 is 58.0 Å². The first-order valence-electron chi connectivity index (χ1n) is 15.1. The Hall–Kier alpha value is -0.460. The highest BCUT2D eigenvalue weighted by Crippen LogP contribution is 2.64. The smallest absolute Gasteiger partial charge is 0.200 e. The summed E-state index contributed by atoms with van der Waals surface area (Å²) in [5.41, 5.74) is 0. The normalized spacial score (nSPS) is 15.5. The van der Waals surface area contributed by atoms with Gasteiger partial charge in [-0.3, -0.25) is 0 Å². The van der Waals surface area contributed by atoms with Crippen LogP contribution in [0.4, 0.5) is 74.6 Å². The summed E-state index contributed by atoms with van der Waals surface area (Å²) in [4.78, 5) is 0. The number of hydrogen-bond donors (Lipinski definition) is 0. The molecule has 0 aromatic rings. The average Bonchev–Trinajstić information content (AvgIpc) is 2.91. The van der Waals surface area contributed by atoms with Crippen LogP contribution in [0.5, 0.6) is 0 Å². The zero-order valence-corrected chi connectivity index (χ0v) is 27.3. The molecule has 0 saturated heterocycles. The van der Waals surface area contributed by atoms with Crippen LogP contribution < -0.4 is 0 Å². The number of rotatable bonds is 25. The van der Waals surface area contributed by atoms with Crippen LogP contribution in [-0.2, 0) is 0 Å². The van der Waals surface area contributed by atoms with Crippen molar-refractivity contribution >= 4 is 22.6 Å². The molecule has 0 nitrogen and oxygen atoms in total. The van der Waals surface area contributed by atoms with Crippen LogP contribution in [0.1, 0.15) is 122 Å². The van der Waals surface area contributed by atoms with E-state index in [0.717, 1.165) is 67.5 Å². The highest BCUT2D eigenvalue weighted by atomic mass is 127. The van der Waals surface area contributed by atoms with Crippen LogP contribution in [0.25, 0.3) is 0 Å². The zero-order valence-electron chi connectivity index (χ0n) is 25.1. The second-order valence-corrected chi connectivity index (χ2v) is 13.3. The Morgan fingerprint density at radius 2 is 0.630 bits per heavy atom. The fourth-order valence-corrected chi connectivity index (χ4v) is 5.61. The van der Waals surface area contributed by atoms with E-state index in [4.69, 9.17) is 0 Å². The van der Waals surface area contributed by atoms with Gasteiger partial charge in [0.2, 0.25) is 0 Å². The summed E-state index contributed by atoms with van der Waals surface area (Å²) >= 11 is 1.07. The van der Waals surface area contributed by atoms with E-state index in [2.05, 4.69) is 6.92 Å². The summed E-state index contributed by atoms with van der Waals surface area (Å²) in [5.74, 6) is -55.8. The molecule has 0 aliphatic heterocycles. The van der Waals surface area contributed by atoms with Gasteiger partial charge in [-0.2, -0.15) is 74.6 Å². The summed E-state index contributed by atoms with van der Waals surface area (Å²) in [7, 11) is 0. The van der Waals surface area contributed by atoms with Crippen molar-refractivity contribution in [3.8, 4) is 0 Å². The number of halogens is 18. The SMILES string of the molecule is CCCCCCCCCCCCCCCCCCC(I)CC(F)(F)C(F)(F)C(F)(F)C(F)(F)C(F)(F)C(F)(F)C(F)(F)C(F)(F)F. The summed E-state index contributed by atoms with van der Waals surface area (Å²) in [6, 6.07) is 0. The fraction of sp³-hybridized carbons (Fsp3) is 1.00. The molecule has 0 fully saturated rings. The van der Waals surface area contributed by atoms with E-state index in [1.807, 2.05) is 0 Å². The third kappa shape index (κ3) is 10.8. The average molecular weight is 826 g/mol. The Labute approximate surface area is 271 Å². The molecule has 0 radical (unpaired) electrons. The van der Waals surface area contributed by atoms with Gasteiger partial charge in [-0.15, -0.1) is 0 Å². The molecule has 0 aliphatic carbocycles. The van der Waals surface area contributed by atoms with Crippen molar-refractivity contribution < 1.29 is 74.6 Å². The first-order valence-corrected chi connectivity index (χ1v) is 16.3. The molecule has 0 aromatic heterocycles. The lowest BCUT2D eigenvalue weighted by Gasteiger charge is -2.43. The Bertz CT molecular complexity index is 855. The minimum atomic E-state index is -8.58. The standard InChI is InChI=1S/C28H40F17I/c1-2-3-4-5-6-7-8-9-10-11-12-13-14-15-16-17-18-20(46)19-21(29,30)22(31,32)23(33,34)24(35,36)25(37,38)26(39,40)27(41,42)28(43,44)45/h20H,2-19H2,1H3. The lowest BCUT2D eigenvalue weighted by Crippen LogP contribution is -2.74. The first-order chi connectivity index (χ1) is 20.7. The zero-order chi connectivity index (χ0) is 36.3. The van der Waals surface area contributed by atoms with Crippen molar-refractivity contribution in [2.75, 3.05) is 0 Å². The molecule has 0 amide bonds.